The quantitative estimate of drug-likeness (QED) is 0.562. The normalized spacial score (nSPS) is 44.7. The lowest BCUT2D eigenvalue weighted by molar-refractivity contribution is -0.0134. The molecule has 2 atom stereocenters. The van der Waals surface area contributed by atoms with E-state index < -0.39 is 0 Å². The Hall–Kier alpha value is -0.120. The standard InChI is InChI=1S/C8H16N2O/c1-10-6-2-3-7(10)5-8(4-6)11-9/h6-8H,2-5,9H2,1H3. The molecule has 0 aromatic heterocycles. The van der Waals surface area contributed by atoms with Crippen molar-refractivity contribution >= 4 is 0 Å². The monoisotopic (exact) mass is 156 g/mol. The van der Waals surface area contributed by atoms with Crippen molar-refractivity contribution < 1.29 is 4.84 Å². The van der Waals surface area contributed by atoms with Crippen molar-refractivity contribution in [2.45, 2.75) is 43.9 Å². The molecule has 0 radical (unpaired) electrons. The van der Waals surface area contributed by atoms with Crippen LogP contribution in [0.5, 0.6) is 0 Å². The molecule has 3 heteroatoms. The third-order valence-corrected chi connectivity index (χ3v) is 3.25. The average Bonchev–Trinajstić information content (AvgIpc) is 2.26. The molecule has 2 heterocycles. The maximum atomic E-state index is 5.18. The number of hydrogen-bond acceptors (Lipinski definition) is 3. The van der Waals surface area contributed by atoms with Crippen molar-refractivity contribution in [3.8, 4) is 0 Å². The first-order chi connectivity index (χ1) is 5.31. The van der Waals surface area contributed by atoms with E-state index in [0.29, 0.717) is 6.10 Å². The Balaban J connectivity index is 2.02. The van der Waals surface area contributed by atoms with E-state index in [1.807, 2.05) is 0 Å². The summed E-state index contributed by atoms with van der Waals surface area (Å²) in [5.41, 5.74) is 0. The van der Waals surface area contributed by atoms with E-state index in [1.54, 1.807) is 0 Å². The lowest BCUT2D eigenvalue weighted by atomic mass is 10.0. The van der Waals surface area contributed by atoms with Crippen molar-refractivity contribution in [2.24, 2.45) is 5.90 Å². The van der Waals surface area contributed by atoms with Crippen molar-refractivity contribution in [2.75, 3.05) is 7.05 Å². The second-order valence-electron chi connectivity index (χ2n) is 3.78. The minimum Gasteiger partial charge on any atom is -0.301 e. The maximum absolute atomic E-state index is 5.18. The van der Waals surface area contributed by atoms with Crippen LogP contribution in [0, 0.1) is 0 Å². The molecule has 11 heavy (non-hydrogen) atoms. The molecule has 0 aliphatic carbocycles. The number of nitrogens with two attached hydrogens (primary N) is 1. The van der Waals surface area contributed by atoms with Crippen molar-refractivity contribution in [3.05, 3.63) is 0 Å². The zero-order valence-electron chi connectivity index (χ0n) is 6.99. The largest absolute Gasteiger partial charge is 0.301 e. The summed E-state index contributed by atoms with van der Waals surface area (Å²) in [6, 6.07) is 1.48. The molecule has 2 unspecified atom stereocenters. The SMILES string of the molecule is CN1C2CCC1CC(ON)C2. The lowest BCUT2D eigenvalue weighted by Crippen LogP contribution is -2.43. The highest BCUT2D eigenvalue weighted by Gasteiger charge is 2.38. The van der Waals surface area contributed by atoms with Gasteiger partial charge in [0.25, 0.3) is 0 Å². The molecule has 2 bridgehead atoms. The Morgan fingerprint density at radius 3 is 2.27 bits per heavy atom. The van der Waals surface area contributed by atoms with Crippen LogP contribution in [0.2, 0.25) is 0 Å². The van der Waals surface area contributed by atoms with Gasteiger partial charge in [-0.1, -0.05) is 0 Å². The second kappa shape index (κ2) is 2.73. The van der Waals surface area contributed by atoms with Crippen LogP contribution in [0.25, 0.3) is 0 Å². The Morgan fingerprint density at radius 2 is 1.82 bits per heavy atom. The molecule has 0 aromatic carbocycles. The van der Waals surface area contributed by atoms with Gasteiger partial charge in [-0.3, -0.25) is 0 Å². The molecule has 0 spiro atoms. The van der Waals surface area contributed by atoms with Gasteiger partial charge in [-0.05, 0) is 32.7 Å². The van der Waals surface area contributed by atoms with Crippen LogP contribution in [-0.2, 0) is 4.84 Å². The van der Waals surface area contributed by atoms with E-state index in [2.05, 4.69) is 11.9 Å². The smallest absolute Gasteiger partial charge is 0.0817 e. The van der Waals surface area contributed by atoms with Crippen molar-refractivity contribution in [1.82, 2.24) is 4.90 Å². The van der Waals surface area contributed by atoms with Crippen LogP contribution in [0.4, 0.5) is 0 Å². The highest BCUT2D eigenvalue weighted by molar-refractivity contribution is 4.93. The van der Waals surface area contributed by atoms with E-state index >= 15 is 0 Å². The summed E-state index contributed by atoms with van der Waals surface area (Å²) in [5.74, 6) is 5.18. The Labute approximate surface area is 67.4 Å². The molecule has 2 aliphatic rings. The first-order valence-corrected chi connectivity index (χ1v) is 4.38. The van der Waals surface area contributed by atoms with Crippen LogP contribution >= 0.6 is 0 Å². The van der Waals surface area contributed by atoms with Gasteiger partial charge in [0.05, 0.1) is 6.10 Å². The summed E-state index contributed by atoms with van der Waals surface area (Å²) >= 11 is 0. The molecule has 0 amide bonds. The summed E-state index contributed by atoms with van der Waals surface area (Å²) in [4.78, 5) is 7.38. The minimum absolute atomic E-state index is 0.323. The molecule has 3 nitrogen and oxygen atoms in total. The Bertz CT molecular complexity index is 137. The molecular weight excluding hydrogens is 140 g/mol. The predicted molar refractivity (Wildman–Crippen MR) is 42.9 cm³/mol. The highest BCUT2D eigenvalue weighted by Crippen LogP contribution is 2.34. The van der Waals surface area contributed by atoms with Gasteiger partial charge in [-0.15, -0.1) is 0 Å². The molecule has 0 saturated carbocycles. The van der Waals surface area contributed by atoms with E-state index in [4.69, 9.17) is 10.7 Å². The van der Waals surface area contributed by atoms with Crippen LogP contribution in [-0.4, -0.2) is 30.1 Å². The summed E-state index contributed by atoms with van der Waals surface area (Å²) < 4.78 is 0. The van der Waals surface area contributed by atoms with Crippen molar-refractivity contribution in [3.63, 3.8) is 0 Å². The fourth-order valence-electron chi connectivity index (χ4n) is 2.47. The van der Waals surface area contributed by atoms with Gasteiger partial charge in [0.15, 0.2) is 0 Å². The summed E-state index contributed by atoms with van der Waals surface area (Å²) in [5, 5.41) is 0. The number of rotatable bonds is 1. The second-order valence-corrected chi connectivity index (χ2v) is 3.78. The molecule has 2 N–H and O–H groups in total. The first kappa shape index (κ1) is 7.53. The van der Waals surface area contributed by atoms with Gasteiger partial charge in [0, 0.05) is 12.1 Å². The molecular formula is C8H16N2O. The van der Waals surface area contributed by atoms with E-state index in [9.17, 15) is 0 Å². The van der Waals surface area contributed by atoms with Gasteiger partial charge >= 0.3 is 0 Å². The highest BCUT2D eigenvalue weighted by atomic mass is 16.6. The van der Waals surface area contributed by atoms with E-state index in [1.165, 1.54) is 12.8 Å². The molecule has 64 valence electrons. The first-order valence-electron chi connectivity index (χ1n) is 4.38. The molecule has 2 saturated heterocycles. The van der Waals surface area contributed by atoms with Gasteiger partial charge in [0.2, 0.25) is 0 Å². The lowest BCUT2D eigenvalue weighted by Gasteiger charge is -2.34. The fraction of sp³-hybridized carbons (Fsp3) is 1.00. The molecule has 0 aromatic rings. The number of hydrogen-bond donors (Lipinski definition) is 1. The van der Waals surface area contributed by atoms with Gasteiger partial charge in [0.1, 0.15) is 0 Å². The number of fused-ring (bicyclic) bond motifs is 2. The van der Waals surface area contributed by atoms with E-state index in [0.717, 1.165) is 24.9 Å². The maximum Gasteiger partial charge on any atom is 0.0817 e. The molecule has 2 fully saturated rings. The number of piperidine rings is 1. The topological polar surface area (TPSA) is 38.5 Å². The zero-order valence-corrected chi connectivity index (χ0v) is 6.99. The summed E-state index contributed by atoms with van der Waals surface area (Å²) in [6.45, 7) is 0. The Kier molecular flexibility index (Phi) is 1.87. The average molecular weight is 156 g/mol. The third-order valence-electron chi connectivity index (χ3n) is 3.25. The summed E-state index contributed by atoms with van der Waals surface area (Å²) in [6.07, 6.45) is 5.25. The van der Waals surface area contributed by atoms with Crippen molar-refractivity contribution in [1.29, 1.82) is 0 Å². The summed E-state index contributed by atoms with van der Waals surface area (Å²) in [7, 11) is 2.22. The van der Waals surface area contributed by atoms with Gasteiger partial charge < -0.3 is 9.74 Å². The van der Waals surface area contributed by atoms with Crippen LogP contribution in [0.3, 0.4) is 0 Å². The van der Waals surface area contributed by atoms with Crippen LogP contribution in [0.15, 0.2) is 0 Å². The predicted octanol–water partition coefficient (Wildman–Crippen LogP) is 0.502. The van der Waals surface area contributed by atoms with Gasteiger partial charge in [-0.2, -0.15) is 0 Å². The molecule has 2 aliphatic heterocycles. The van der Waals surface area contributed by atoms with Crippen LogP contribution in [0.1, 0.15) is 25.7 Å². The number of nitrogens with zero attached hydrogens (tertiary/aromatic N) is 1. The Morgan fingerprint density at radius 1 is 1.27 bits per heavy atom. The van der Waals surface area contributed by atoms with E-state index in [-0.39, 0.29) is 0 Å². The zero-order chi connectivity index (χ0) is 7.84. The molecule has 2 rings (SSSR count). The van der Waals surface area contributed by atoms with Gasteiger partial charge in [-0.25, -0.2) is 5.90 Å². The third kappa shape index (κ3) is 1.17. The minimum atomic E-state index is 0.323. The fourth-order valence-corrected chi connectivity index (χ4v) is 2.47. The van der Waals surface area contributed by atoms with Crippen LogP contribution < -0.4 is 5.90 Å².